The van der Waals surface area contributed by atoms with Crippen molar-refractivity contribution < 1.29 is 66.4 Å². The van der Waals surface area contributed by atoms with Crippen LogP contribution in [-0.2, 0) is 15.3 Å². The highest BCUT2D eigenvalue weighted by Gasteiger charge is 2.46. The summed E-state index contributed by atoms with van der Waals surface area (Å²) in [5.41, 5.74) is 2.13. The highest BCUT2D eigenvalue weighted by atomic mass is 127. The van der Waals surface area contributed by atoms with Crippen molar-refractivity contribution in [1.82, 2.24) is 0 Å². The van der Waals surface area contributed by atoms with Gasteiger partial charge in [-0.2, -0.15) is 0 Å². The number of ether oxygens (including phenoxy) is 2. The lowest BCUT2D eigenvalue weighted by molar-refractivity contribution is -0.893. The van der Waals surface area contributed by atoms with Crippen LogP contribution in [0.4, 0.5) is 0 Å². The monoisotopic (exact) mass is 708 g/mol. The van der Waals surface area contributed by atoms with E-state index >= 15 is 0 Å². The van der Waals surface area contributed by atoms with Gasteiger partial charge in [0.1, 0.15) is 12.6 Å². The number of halogens is 2. The van der Waals surface area contributed by atoms with E-state index in [1.165, 1.54) is 51.6 Å². The fraction of sp³-hybridized carbons (Fsp3) is 0.586. The van der Waals surface area contributed by atoms with Gasteiger partial charge in [0.05, 0.1) is 54.9 Å². The number of benzene rings is 2. The summed E-state index contributed by atoms with van der Waals surface area (Å²) in [6.45, 7) is 4.05. The zero-order valence-corrected chi connectivity index (χ0v) is 26.7. The molecule has 1 saturated heterocycles. The fourth-order valence-electron chi connectivity index (χ4n) is 4.86. The zero-order valence-electron chi connectivity index (χ0n) is 22.4. The molecule has 4 nitrogen and oxygen atoms in total. The molecule has 1 atom stereocenters. The van der Waals surface area contributed by atoms with Gasteiger partial charge in [-0.15, -0.1) is 0 Å². The van der Waals surface area contributed by atoms with E-state index in [-0.39, 0.29) is 54.1 Å². The Bertz CT molecular complexity index is 786. The van der Waals surface area contributed by atoms with Crippen LogP contribution in [0.5, 0.6) is 0 Å². The molecule has 1 aliphatic heterocycles. The number of likely N-dealkylation sites (N-methyl/N-ethyl adjacent to an activating group) is 1. The Morgan fingerprint density at radius 2 is 1.14 bits per heavy atom. The quantitative estimate of drug-likeness (QED) is 0.158. The van der Waals surface area contributed by atoms with Crippen molar-refractivity contribution in [2.75, 3.05) is 61.5 Å². The van der Waals surface area contributed by atoms with E-state index in [2.05, 4.69) is 83.8 Å². The minimum atomic E-state index is -0.807. The van der Waals surface area contributed by atoms with Gasteiger partial charge < -0.3 is 66.4 Å². The van der Waals surface area contributed by atoms with Crippen LogP contribution in [0.3, 0.4) is 0 Å². The highest BCUT2D eigenvalue weighted by molar-refractivity contribution is 5.34. The Balaban J connectivity index is 0.00000306. The van der Waals surface area contributed by atoms with Gasteiger partial charge in [0.15, 0.2) is 0 Å². The summed E-state index contributed by atoms with van der Waals surface area (Å²) in [7, 11) is 11.5. The molecular weight excluding hydrogens is 662 g/mol. The molecule has 2 aromatic rings. The second-order valence-electron chi connectivity index (χ2n) is 11.4. The maximum Gasteiger partial charge on any atom is 0.222 e. The Morgan fingerprint density at radius 1 is 0.686 bits per heavy atom. The SMILES string of the molecule is C[N+](C)(C)CCCCCCCC[N+](C)(C)CC1COC(c2ccccc2)(c2ccccc2)O1.[I-].[I-]. The third-order valence-electron chi connectivity index (χ3n) is 6.65. The van der Waals surface area contributed by atoms with Gasteiger partial charge in [0.2, 0.25) is 5.79 Å². The topological polar surface area (TPSA) is 18.5 Å². The summed E-state index contributed by atoms with van der Waals surface area (Å²) in [5.74, 6) is -0.807. The normalized spacial score (nSPS) is 17.5. The van der Waals surface area contributed by atoms with Crippen LogP contribution in [-0.4, -0.2) is 76.5 Å². The van der Waals surface area contributed by atoms with E-state index in [9.17, 15) is 0 Å². The van der Waals surface area contributed by atoms with Crippen LogP contribution < -0.4 is 48.0 Å². The van der Waals surface area contributed by atoms with E-state index in [0.717, 1.165) is 26.6 Å². The van der Waals surface area contributed by atoms with Crippen molar-refractivity contribution in [2.45, 2.75) is 50.4 Å². The Morgan fingerprint density at radius 3 is 1.63 bits per heavy atom. The van der Waals surface area contributed by atoms with Crippen molar-refractivity contribution in [1.29, 1.82) is 0 Å². The lowest BCUT2D eigenvalue weighted by Gasteiger charge is -2.33. The molecule has 0 saturated carbocycles. The van der Waals surface area contributed by atoms with Crippen LogP contribution in [0.15, 0.2) is 60.7 Å². The summed E-state index contributed by atoms with van der Waals surface area (Å²) in [5, 5.41) is 0. The standard InChI is InChI=1S/C29H46N2O2.2HI/c1-30(2,3)22-16-8-6-7-9-17-23-31(4,5)24-28-25-32-29(33-28,26-18-12-10-13-19-26)27-20-14-11-15-21-27;;/h10-15,18-21,28H,6-9,16-17,22-25H2,1-5H3;2*1H/q+2;;/p-2. The molecule has 6 heteroatoms. The van der Waals surface area contributed by atoms with Crippen molar-refractivity contribution in [3.8, 4) is 0 Å². The largest absolute Gasteiger partial charge is 1.00 e. The lowest BCUT2D eigenvalue weighted by Crippen LogP contribution is -3.00. The lowest BCUT2D eigenvalue weighted by atomic mass is 9.97. The molecule has 1 unspecified atom stereocenters. The molecule has 0 aromatic heterocycles. The summed E-state index contributed by atoms with van der Waals surface area (Å²) < 4.78 is 15.2. The van der Waals surface area contributed by atoms with Crippen molar-refractivity contribution in [2.24, 2.45) is 0 Å². The second kappa shape index (κ2) is 15.2. The van der Waals surface area contributed by atoms with Crippen molar-refractivity contribution >= 4 is 0 Å². The average Bonchev–Trinajstić information content (AvgIpc) is 3.20. The van der Waals surface area contributed by atoms with Gasteiger partial charge in [0, 0.05) is 11.1 Å². The van der Waals surface area contributed by atoms with Gasteiger partial charge in [-0.25, -0.2) is 0 Å². The van der Waals surface area contributed by atoms with Crippen LogP contribution >= 0.6 is 0 Å². The highest BCUT2D eigenvalue weighted by Crippen LogP contribution is 2.40. The molecule has 35 heavy (non-hydrogen) atoms. The minimum Gasteiger partial charge on any atom is -1.00 e. The van der Waals surface area contributed by atoms with E-state index in [4.69, 9.17) is 9.47 Å². The predicted octanol–water partition coefficient (Wildman–Crippen LogP) is -0.566. The van der Waals surface area contributed by atoms with Crippen LogP contribution in [0.25, 0.3) is 0 Å². The summed E-state index contributed by atoms with van der Waals surface area (Å²) in [6, 6.07) is 20.7. The summed E-state index contributed by atoms with van der Waals surface area (Å²) >= 11 is 0. The van der Waals surface area contributed by atoms with Crippen molar-refractivity contribution in [3.63, 3.8) is 0 Å². The van der Waals surface area contributed by atoms with E-state index < -0.39 is 5.79 Å². The first-order chi connectivity index (χ1) is 15.7. The third-order valence-corrected chi connectivity index (χ3v) is 6.65. The maximum atomic E-state index is 6.72. The minimum absolute atomic E-state index is 0. The second-order valence-corrected chi connectivity index (χ2v) is 11.4. The zero-order chi connectivity index (χ0) is 23.8. The average molecular weight is 709 g/mol. The molecule has 0 N–H and O–H groups in total. The molecule has 1 fully saturated rings. The Kier molecular flexibility index (Phi) is 14.3. The van der Waals surface area contributed by atoms with Gasteiger partial charge >= 0.3 is 0 Å². The molecule has 198 valence electrons. The molecule has 3 rings (SSSR count). The summed E-state index contributed by atoms with van der Waals surface area (Å²) in [6.07, 6.45) is 8.10. The van der Waals surface area contributed by atoms with Gasteiger partial charge in [-0.1, -0.05) is 73.5 Å². The van der Waals surface area contributed by atoms with Crippen LogP contribution in [0.2, 0.25) is 0 Å². The molecule has 1 heterocycles. The molecule has 0 radical (unpaired) electrons. The molecule has 1 aliphatic rings. The molecule has 0 bridgehead atoms. The molecule has 0 amide bonds. The Hall–Kier alpha value is -0.260. The summed E-state index contributed by atoms with van der Waals surface area (Å²) in [4.78, 5) is 0. The smallest absolute Gasteiger partial charge is 0.222 e. The third kappa shape index (κ3) is 10.6. The van der Waals surface area contributed by atoms with Crippen molar-refractivity contribution in [3.05, 3.63) is 71.8 Å². The fourth-order valence-corrected chi connectivity index (χ4v) is 4.86. The molecule has 0 spiro atoms. The van der Waals surface area contributed by atoms with E-state index in [0.29, 0.717) is 6.61 Å². The maximum absolute atomic E-state index is 6.72. The Labute approximate surface area is 248 Å². The van der Waals surface area contributed by atoms with E-state index in [1.807, 2.05) is 12.1 Å². The predicted molar refractivity (Wildman–Crippen MR) is 137 cm³/mol. The van der Waals surface area contributed by atoms with Gasteiger partial charge in [-0.05, 0) is 25.7 Å². The number of nitrogens with zero attached hydrogens (tertiary/aromatic N) is 2. The van der Waals surface area contributed by atoms with Crippen LogP contribution in [0.1, 0.15) is 49.7 Å². The molecule has 0 aliphatic carbocycles. The molecule has 2 aromatic carbocycles. The number of unbranched alkanes of at least 4 members (excludes halogenated alkanes) is 5. The molecular formula is C29H46I2N2O2. The first-order valence-electron chi connectivity index (χ1n) is 12.8. The van der Waals surface area contributed by atoms with Crippen LogP contribution in [0, 0.1) is 0 Å². The number of rotatable bonds is 13. The van der Waals surface area contributed by atoms with Gasteiger partial charge in [-0.3, -0.25) is 0 Å². The first-order valence-corrected chi connectivity index (χ1v) is 12.8. The van der Waals surface area contributed by atoms with E-state index in [1.54, 1.807) is 0 Å². The number of hydrogen-bond acceptors (Lipinski definition) is 2. The number of hydrogen-bond donors (Lipinski definition) is 0. The van der Waals surface area contributed by atoms with Gasteiger partial charge in [0.25, 0.3) is 0 Å². The number of quaternary nitrogens is 2. The first kappa shape index (κ1) is 32.8.